The number of nitrogens with zero attached hydrogens (tertiary/aromatic N) is 1. The van der Waals surface area contributed by atoms with Crippen LogP contribution in [0.1, 0.15) is 24.1 Å². The number of hydrogen-bond acceptors (Lipinski definition) is 3. The summed E-state index contributed by atoms with van der Waals surface area (Å²) in [6.07, 6.45) is 3.71. The van der Waals surface area contributed by atoms with Crippen LogP contribution in [-0.2, 0) is 4.74 Å². The molecule has 1 rings (SSSR count). The molecule has 0 aromatic carbocycles. The van der Waals surface area contributed by atoms with Crippen LogP contribution in [0, 0.1) is 6.92 Å². The molecule has 3 heteroatoms. The second-order valence-corrected chi connectivity index (χ2v) is 3.30. The summed E-state index contributed by atoms with van der Waals surface area (Å²) in [4.78, 5) is 4.08. The molecule has 0 fully saturated rings. The average molecular weight is 194 g/mol. The first-order valence-electron chi connectivity index (χ1n) is 4.92. The molecule has 1 heterocycles. The molecule has 0 radical (unpaired) electrons. The largest absolute Gasteiger partial charge is 0.383 e. The molecule has 0 saturated heterocycles. The van der Waals surface area contributed by atoms with Crippen molar-refractivity contribution in [2.75, 3.05) is 20.3 Å². The van der Waals surface area contributed by atoms with Crippen molar-refractivity contribution >= 4 is 0 Å². The Kier molecular flexibility index (Phi) is 4.56. The van der Waals surface area contributed by atoms with Gasteiger partial charge in [0.1, 0.15) is 0 Å². The molecule has 0 amide bonds. The summed E-state index contributed by atoms with van der Waals surface area (Å²) in [6.45, 7) is 5.80. The number of rotatable bonds is 5. The van der Waals surface area contributed by atoms with Gasteiger partial charge in [0, 0.05) is 19.5 Å². The number of nitrogens with one attached hydrogen (secondary N) is 1. The van der Waals surface area contributed by atoms with Gasteiger partial charge in [0.05, 0.1) is 12.6 Å². The predicted molar refractivity (Wildman–Crippen MR) is 57.3 cm³/mol. The number of aryl methyl sites for hydroxylation is 1. The highest BCUT2D eigenvalue weighted by Gasteiger charge is 2.11. The van der Waals surface area contributed by atoms with Crippen LogP contribution in [0.4, 0.5) is 0 Å². The predicted octanol–water partition coefficient (Wildman–Crippen LogP) is 1.69. The number of methoxy groups -OCH3 is 1. The second kappa shape index (κ2) is 5.73. The fourth-order valence-corrected chi connectivity index (χ4v) is 1.55. The van der Waals surface area contributed by atoms with Crippen molar-refractivity contribution in [3.8, 4) is 0 Å². The average Bonchev–Trinajstić information content (AvgIpc) is 2.18. The summed E-state index contributed by atoms with van der Waals surface area (Å²) in [7, 11) is 1.72. The normalized spacial score (nSPS) is 12.8. The molecule has 14 heavy (non-hydrogen) atoms. The summed E-state index contributed by atoms with van der Waals surface area (Å²) in [6, 6.07) is 2.31. The van der Waals surface area contributed by atoms with Crippen LogP contribution >= 0.6 is 0 Å². The van der Waals surface area contributed by atoms with Crippen LogP contribution in [0.2, 0.25) is 0 Å². The molecule has 1 aromatic rings. The molecule has 0 bridgehead atoms. The van der Waals surface area contributed by atoms with E-state index in [1.807, 2.05) is 18.5 Å². The Bertz CT molecular complexity index is 270. The van der Waals surface area contributed by atoms with E-state index in [4.69, 9.17) is 4.74 Å². The maximum Gasteiger partial charge on any atom is 0.0657 e. The van der Waals surface area contributed by atoms with E-state index in [2.05, 4.69) is 24.1 Å². The Morgan fingerprint density at radius 3 is 2.93 bits per heavy atom. The quantitative estimate of drug-likeness (QED) is 0.774. The van der Waals surface area contributed by atoms with E-state index in [1.165, 1.54) is 11.1 Å². The van der Waals surface area contributed by atoms with Crippen molar-refractivity contribution in [1.29, 1.82) is 0 Å². The van der Waals surface area contributed by atoms with Crippen molar-refractivity contribution in [2.45, 2.75) is 19.9 Å². The lowest BCUT2D eigenvalue weighted by Gasteiger charge is -2.18. The Morgan fingerprint density at radius 1 is 1.57 bits per heavy atom. The van der Waals surface area contributed by atoms with Crippen molar-refractivity contribution in [1.82, 2.24) is 10.3 Å². The fraction of sp³-hybridized carbons (Fsp3) is 0.545. The highest BCUT2D eigenvalue weighted by Crippen LogP contribution is 2.16. The molecule has 1 atom stereocenters. The molecule has 1 unspecified atom stereocenters. The highest BCUT2D eigenvalue weighted by atomic mass is 16.5. The molecule has 0 aliphatic rings. The van der Waals surface area contributed by atoms with Crippen molar-refractivity contribution < 1.29 is 4.74 Å². The van der Waals surface area contributed by atoms with Gasteiger partial charge in [-0.05, 0) is 30.7 Å². The number of ether oxygens (including phenoxy) is 1. The third-order valence-corrected chi connectivity index (χ3v) is 2.22. The van der Waals surface area contributed by atoms with Gasteiger partial charge in [-0.2, -0.15) is 0 Å². The monoisotopic (exact) mass is 194 g/mol. The molecule has 0 aliphatic heterocycles. The lowest BCUT2D eigenvalue weighted by molar-refractivity contribution is 0.167. The minimum absolute atomic E-state index is 0.271. The molecule has 78 valence electrons. The molecule has 0 spiro atoms. The SMILES string of the molecule is CCNC(COC)c1ccncc1C. The summed E-state index contributed by atoms with van der Waals surface area (Å²) < 4.78 is 5.18. The first-order valence-corrected chi connectivity index (χ1v) is 4.92. The van der Waals surface area contributed by atoms with Crippen molar-refractivity contribution in [3.05, 3.63) is 29.6 Å². The molecule has 1 aromatic heterocycles. The van der Waals surface area contributed by atoms with E-state index in [0.29, 0.717) is 6.61 Å². The summed E-state index contributed by atoms with van der Waals surface area (Å²) in [5.74, 6) is 0. The van der Waals surface area contributed by atoms with E-state index in [9.17, 15) is 0 Å². The van der Waals surface area contributed by atoms with Crippen LogP contribution in [0.3, 0.4) is 0 Å². The number of pyridine rings is 1. The summed E-state index contributed by atoms with van der Waals surface area (Å²) in [5.41, 5.74) is 2.47. The lowest BCUT2D eigenvalue weighted by atomic mass is 10.0. The van der Waals surface area contributed by atoms with Gasteiger partial charge in [-0.15, -0.1) is 0 Å². The van der Waals surface area contributed by atoms with E-state index >= 15 is 0 Å². The zero-order valence-corrected chi connectivity index (χ0v) is 9.08. The van der Waals surface area contributed by atoms with Gasteiger partial charge in [-0.25, -0.2) is 0 Å². The molecular formula is C11H18N2O. The maximum atomic E-state index is 5.18. The Balaban J connectivity index is 2.81. The minimum atomic E-state index is 0.271. The number of likely N-dealkylation sites (N-methyl/N-ethyl adjacent to an activating group) is 1. The van der Waals surface area contributed by atoms with Crippen molar-refractivity contribution in [2.24, 2.45) is 0 Å². The summed E-state index contributed by atoms with van der Waals surface area (Å²) >= 11 is 0. The molecule has 0 saturated carbocycles. The zero-order chi connectivity index (χ0) is 10.4. The Hall–Kier alpha value is -0.930. The zero-order valence-electron chi connectivity index (χ0n) is 9.08. The fourth-order valence-electron chi connectivity index (χ4n) is 1.55. The molecule has 0 aliphatic carbocycles. The molecule has 1 N–H and O–H groups in total. The van der Waals surface area contributed by atoms with Gasteiger partial charge in [0.15, 0.2) is 0 Å². The number of aromatic nitrogens is 1. The van der Waals surface area contributed by atoms with Crippen molar-refractivity contribution in [3.63, 3.8) is 0 Å². The highest BCUT2D eigenvalue weighted by molar-refractivity contribution is 5.25. The third kappa shape index (κ3) is 2.79. The van der Waals surface area contributed by atoms with Gasteiger partial charge in [-0.1, -0.05) is 6.92 Å². The van der Waals surface area contributed by atoms with Gasteiger partial charge in [-0.3, -0.25) is 4.98 Å². The Morgan fingerprint density at radius 2 is 2.36 bits per heavy atom. The lowest BCUT2D eigenvalue weighted by Crippen LogP contribution is -2.25. The Labute approximate surface area is 85.5 Å². The smallest absolute Gasteiger partial charge is 0.0657 e. The van der Waals surface area contributed by atoms with Crippen LogP contribution < -0.4 is 5.32 Å². The molecule has 3 nitrogen and oxygen atoms in total. The first kappa shape index (κ1) is 11.1. The van der Waals surface area contributed by atoms with E-state index in [0.717, 1.165) is 6.54 Å². The summed E-state index contributed by atoms with van der Waals surface area (Å²) in [5, 5.41) is 3.39. The van der Waals surface area contributed by atoms with Gasteiger partial charge in [0.25, 0.3) is 0 Å². The topological polar surface area (TPSA) is 34.1 Å². The van der Waals surface area contributed by atoms with Crippen LogP contribution in [-0.4, -0.2) is 25.2 Å². The van der Waals surface area contributed by atoms with Crippen LogP contribution in [0.15, 0.2) is 18.5 Å². The van der Waals surface area contributed by atoms with Gasteiger partial charge >= 0.3 is 0 Å². The van der Waals surface area contributed by atoms with E-state index in [1.54, 1.807) is 7.11 Å². The second-order valence-electron chi connectivity index (χ2n) is 3.30. The van der Waals surface area contributed by atoms with Crippen LogP contribution in [0.5, 0.6) is 0 Å². The minimum Gasteiger partial charge on any atom is -0.383 e. The first-order chi connectivity index (χ1) is 6.79. The molecular weight excluding hydrogens is 176 g/mol. The van der Waals surface area contributed by atoms with E-state index in [-0.39, 0.29) is 6.04 Å². The number of hydrogen-bond donors (Lipinski definition) is 1. The third-order valence-electron chi connectivity index (χ3n) is 2.22. The van der Waals surface area contributed by atoms with Gasteiger partial charge < -0.3 is 10.1 Å². The van der Waals surface area contributed by atoms with E-state index < -0.39 is 0 Å². The maximum absolute atomic E-state index is 5.18. The van der Waals surface area contributed by atoms with Gasteiger partial charge in [0.2, 0.25) is 0 Å². The standard InChI is InChI=1S/C11H18N2O/c1-4-13-11(8-14-3)10-5-6-12-7-9(10)2/h5-7,11,13H,4,8H2,1-3H3. The van der Waals surface area contributed by atoms with Crippen LogP contribution in [0.25, 0.3) is 0 Å².